The van der Waals surface area contributed by atoms with Gasteiger partial charge in [-0.15, -0.1) is 0 Å². The molecule has 6 heteroatoms. The topological polar surface area (TPSA) is 62.6 Å². The Kier molecular flexibility index (Phi) is 6.20. The number of hydrogen-bond donors (Lipinski definition) is 0. The van der Waals surface area contributed by atoms with Crippen LogP contribution in [0.2, 0.25) is 5.02 Å². The summed E-state index contributed by atoms with van der Waals surface area (Å²) < 4.78 is 11.4. The number of carbonyl (C=O) groups is 1. The van der Waals surface area contributed by atoms with Crippen molar-refractivity contribution in [1.82, 2.24) is 4.90 Å². The zero-order valence-corrected chi connectivity index (χ0v) is 15.9. The Labute approximate surface area is 164 Å². The molecule has 0 aromatic heterocycles. The van der Waals surface area contributed by atoms with Gasteiger partial charge in [-0.25, -0.2) is 4.79 Å². The van der Waals surface area contributed by atoms with Crippen LogP contribution in [0.5, 0.6) is 11.5 Å². The SMILES string of the molecule is CCc1ccc(OC(=O)N2CCC(Oc3ccc(C#N)c(Cl)c3)CC2)cc1. The fourth-order valence-electron chi connectivity index (χ4n) is 2.97. The molecule has 3 rings (SSSR count). The molecule has 1 amide bonds. The summed E-state index contributed by atoms with van der Waals surface area (Å²) in [5.74, 6) is 1.19. The van der Waals surface area contributed by atoms with Crippen LogP contribution >= 0.6 is 11.6 Å². The molecule has 0 spiro atoms. The Morgan fingerprint density at radius 3 is 2.44 bits per heavy atom. The molecular weight excluding hydrogens is 364 g/mol. The van der Waals surface area contributed by atoms with Crippen molar-refractivity contribution in [2.45, 2.75) is 32.3 Å². The molecule has 1 aliphatic rings. The first-order chi connectivity index (χ1) is 13.1. The van der Waals surface area contributed by atoms with Crippen LogP contribution in [0.1, 0.15) is 30.9 Å². The van der Waals surface area contributed by atoms with Gasteiger partial charge >= 0.3 is 6.09 Å². The molecule has 0 saturated carbocycles. The first-order valence-electron chi connectivity index (χ1n) is 9.01. The number of halogens is 1. The first-order valence-corrected chi connectivity index (χ1v) is 9.39. The number of ether oxygens (including phenoxy) is 2. The molecular formula is C21H21ClN2O3. The third-order valence-electron chi connectivity index (χ3n) is 4.60. The quantitative estimate of drug-likeness (QED) is 0.758. The van der Waals surface area contributed by atoms with Crippen molar-refractivity contribution < 1.29 is 14.3 Å². The average Bonchev–Trinajstić information content (AvgIpc) is 2.69. The van der Waals surface area contributed by atoms with Crippen LogP contribution in [0.3, 0.4) is 0 Å². The highest BCUT2D eigenvalue weighted by molar-refractivity contribution is 6.31. The van der Waals surface area contributed by atoms with Crippen LogP contribution in [-0.4, -0.2) is 30.2 Å². The van der Waals surface area contributed by atoms with Crippen molar-refractivity contribution in [2.24, 2.45) is 0 Å². The molecule has 2 aromatic rings. The van der Waals surface area contributed by atoms with Gasteiger partial charge in [-0.3, -0.25) is 0 Å². The highest BCUT2D eigenvalue weighted by Gasteiger charge is 2.25. The number of benzene rings is 2. The van der Waals surface area contributed by atoms with Crippen molar-refractivity contribution in [3.05, 3.63) is 58.6 Å². The van der Waals surface area contributed by atoms with Gasteiger partial charge in [-0.2, -0.15) is 5.26 Å². The van der Waals surface area contributed by atoms with Crippen molar-refractivity contribution >= 4 is 17.7 Å². The molecule has 27 heavy (non-hydrogen) atoms. The summed E-state index contributed by atoms with van der Waals surface area (Å²) in [4.78, 5) is 14.0. The van der Waals surface area contributed by atoms with Gasteiger partial charge in [0.2, 0.25) is 0 Å². The average molecular weight is 385 g/mol. The predicted octanol–water partition coefficient (Wildman–Crippen LogP) is 4.82. The van der Waals surface area contributed by atoms with Gasteiger partial charge in [-0.1, -0.05) is 30.7 Å². The lowest BCUT2D eigenvalue weighted by molar-refractivity contribution is 0.0930. The highest BCUT2D eigenvalue weighted by Crippen LogP contribution is 2.25. The summed E-state index contributed by atoms with van der Waals surface area (Å²) in [7, 11) is 0. The van der Waals surface area contributed by atoms with Gasteiger partial charge in [0, 0.05) is 32.0 Å². The van der Waals surface area contributed by atoms with E-state index in [2.05, 4.69) is 6.92 Å². The maximum Gasteiger partial charge on any atom is 0.415 e. The normalized spacial score (nSPS) is 14.5. The number of likely N-dealkylation sites (tertiary alicyclic amines) is 1. The van der Waals surface area contributed by atoms with E-state index in [1.54, 1.807) is 23.1 Å². The van der Waals surface area contributed by atoms with Crippen LogP contribution in [0.25, 0.3) is 0 Å². The fraction of sp³-hybridized carbons (Fsp3) is 0.333. The summed E-state index contributed by atoms with van der Waals surface area (Å²) in [6.45, 7) is 3.22. The Bertz CT molecular complexity index is 837. The summed E-state index contributed by atoms with van der Waals surface area (Å²) in [6.07, 6.45) is 2.04. The zero-order valence-electron chi connectivity index (χ0n) is 15.2. The predicted molar refractivity (Wildman–Crippen MR) is 103 cm³/mol. The molecule has 0 atom stereocenters. The zero-order chi connectivity index (χ0) is 19.2. The third kappa shape index (κ3) is 4.93. The largest absolute Gasteiger partial charge is 0.490 e. The second kappa shape index (κ2) is 8.79. The minimum absolute atomic E-state index is 0.00175. The van der Waals surface area contributed by atoms with Crippen molar-refractivity contribution in [2.75, 3.05) is 13.1 Å². The number of nitrogens with zero attached hydrogens (tertiary/aromatic N) is 2. The van der Waals surface area contributed by atoms with Crippen LogP contribution in [-0.2, 0) is 6.42 Å². The number of amides is 1. The molecule has 1 saturated heterocycles. The van der Waals surface area contributed by atoms with E-state index in [0.717, 1.165) is 6.42 Å². The smallest absolute Gasteiger partial charge is 0.415 e. The second-order valence-electron chi connectivity index (χ2n) is 6.42. The van der Waals surface area contributed by atoms with Crippen LogP contribution < -0.4 is 9.47 Å². The van der Waals surface area contributed by atoms with Gasteiger partial charge < -0.3 is 14.4 Å². The maximum atomic E-state index is 12.3. The molecule has 0 radical (unpaired) electrons. The summed E-state index contributed by atoms with van der Waals surface area (Å²) in [5.41, 5.74) is 1.63. The van der Waals surface area contributed by atoms with Crippen molar-refractivity contribution in [3.8, 4) is 17.6 Å². The summed E-state index contributed by atoms with van der Waals surface area (Å²) >= 11 is 6.04. The number of rotatable bonds is 4. The fourth-order valence-corrected chi connectivity index (χ4v) is 3.18. The van der Waals surface area contributed by atoms with E-state index in [9.17, 15) is 4.79 Å². The van der Waals surface area contributed by atoms with E-state index in [1.807, 2.05) is 30.3 Å². The minimum atomic E-state index is -0.334. The summed E-state index contributed by atoms with van der Waals surface area (Å²) in [5, 5.41) is 9.30. The molecule has 0 aliphatic carbocycles. The monoisotopic (exact) mass is 384 g/mol. The Hall–Kier alpha value is -2.71. The molecule has 0 N–H and O–H groups in total. The van der Waals surface area contributed by atoms with Crippen molar-refractivity contribution in [1.29, 1.82) is 5.26 Å². The lowest BCUT2D eigenvalue weighted by Crippen LogP contribution is -2.43. The van der Waals surface area contributed by atoms with Gasteiger partial charge in [0.15, 0.2) is 0 Å². The van der Waals surface area contributed by atoms with Crippen LogP contribution in [0.4, 0.5) is 4.79 Å². The van der Waals surface area contributed by atoms with Gasteiger partial charge in [0.05, 0.1) is 10.6 Å². The molecule has 1 fully saturated rings. The molecule has 0 bridgehead atoms. The Balaban J connectivity index is 1.50. The first kappa shape index (κ1) is 19.1. The lowest BCUT2D eigenvalue weighted by Gasteiger charge is -2.31. The van der Waals surface area contributed by atoms with E-state index in [4.69, 9.17) is 26.3 Å². The number of nitriles is 1. The standard InChI is InChI=1S/C21H21ClN2O3/c1-2-15-3-6-17(7-4-15)27-21(25)24-11-9-18(10-12-24)26-19-8-5-16(14-23)20(22)13-19/h3-8,13,18H,2,9-12H2,1H3. The number of carbonyl (C=O) groups excluding carboxylic acids is 1. The van der Waals surface area contributed by atoms with Gasteiger partial charge in [0.1, 0.15) is 23.7 Å². The molecule has 140 valence electrons. The Morgan fingerprint density at radius 2 is 1.85 bits per heavy atom. The molecule has 1 heterocycles. The second-order valence-corrected chi connectivity index (χ2v) is 6.83. The van der Waals surface area contributed by atoms with E-state index in [-0.39, 0.29) is 12.2 Å². The highest BCUT2D eigenvalue weighted by atomic mass is 35.5. The third-order valence-corrected chi connectivity index (χ3v) is 4.91. The van der Waals surface area contributed by atoms with E-state index < -0.39 is 0 Å². The van der Waals surface area contributed by atoms with Crippen LogP contribution in [0.15, 0.2) is 42.5 Å². The molecule has 0 unspecified atom stereocenters. The maximum absolute atomic E-state index is 12.3. The van der Waals surface area contributed by atoms with Crippen LogP contribution in [0, 0.1) is 11.3 Å². The number of hydrogen-bond acceptors (Lipinski definition) is 4. The van der Waals surface area contributed by atoms with Gasteiger partial charge in [0.25, 0.3) is 0 Å². The van der Waals surface area contributed by atoms with Crippen molar-refractivity contribution in [3.63, 3.8) is 0 Å². The minimum Gasteiger partial charge on any atom is -0.490 e. The molecule has 5 nitrogen and oxygen atoms in total. The number of aryl methyl sites for hydroxylation is 1. The summed E-state index contributed by atoms with van der Waals surface area (Å²) in [6, 6.07) is 14.6. The van der Waals surface area contributed by atoms with E-state index in [0.29, 0.717) is 48.0 Å². The Morgan fingerprint density at radius 1 is 1.19 bits per heavy atom. The van der Waals surface area contributed by atoms with E-state index in [1.165, 1.54) is 5.56 Å². The van der Waals surface area contributed by atoms with E-state index >= 15 is 0 Å². The number of piperidine rings is 1. The van der Waals surface area contributed by atoms with Gasteiger partial charge in [-0.05, 0) is 36.2 Å². The molecule has 1 aliphatic heterocycles. The molecule has 2 aromatic carbocycles. The lowest BCUT2D eigenvalue weighted by atomic mass is 10.1.